The lowest BCUT2D eigenvalue weighted by Crippen LogP contribution is -2.50. The maximum atomic E-state index is 12.6. The molecule has 2 N–H and O–H groups in total. The summed E-state index contributed by atoms with van der Waals surface area (Å²) in [6, 6.07) is 0.221. The molecule has 2 fully saturated rings. The van der Waals surface area contributed by atoms with Gasteiger partial charge >= 0.3 is 0 Å². The summed E-state index contributed by atoms with van der Waals surface area (Å²) in [6.45, 7) is 6.62. The molecule has 1 amide bonds. The summed E-state index contributed by atoms with van der Waals surface area (Å²) in [5.74, 6) is 0.503. The van der Waals surface area contributed by atoms with E-state index in [1.807, 2.05) is 13.1 Å². The standard InChI is InChI=1S/C16H26N4OS/c1-12-18-10-15(22-12)11-19-5-7-20(8-6-19)16(21)13-3-2-4-14(17)9-13/h10,13-14H,2-9,11,17H2,1H3. The van der Waals surface area contributed by atoms with Crippen molar-refractivity contribution in [2.24, 2.45) is 11.7 Å². The van der Waals surface area contributed by atoms with Crippen molar-refractivity contribution in [3.63, 3.8) is 0 Å². The number of aryl methyl sites for hydroxylation is 1. The van der Waals surface area contributed by atoms with E-state index in [2.05, 4.69) is 14.8 Å². The number of piperazine rings is 1. The van der Waals surface area contributed by atoms with Crippen LogP contribution in [-0.2, 0) is 11.3 Å². The largest absolute Gasteiger partial charge is 0.340 e. The Morgan fingerprint density at radius 1 is 1.36 bits per heavy atom. The summed E-state index contributed by atoms with van der Waals surface area (Å²) in [5.41, 5.74) is 6.02. The maximum Gasteiger partial charge on any atom is 0.225 e. The van der Waals surface area contributed by atoms with Crippen LogP contribution in [0.15, 0.2) is 6.20 Å². The highest BCUT2D eigenvalue weighted by atomic mass is 32.1. The van der Waals surface area contributed by atoms with Crippen LogP contribution in [0.25, 0.3) is 0 Å². The van der Waals surface area contributed by atoms with Crippen LogP contribution < -0.4 is 5.73 Å². The minimum atomic E-state index is 0.166. The Morgan fingerprint density at radius 3 is 2.77 bits per heavy atom. The molecule has 5 nitrogen and oxygen atoms in total. The summed E-state index contributed by atoms with van der Waals surface area (Å²) < 4.78 is 0. The highest BCUT2D eigenvalue weighted by Crippen LogP contribution is 2.25. The zero-order valence-electron chi connectivity index (χ0n) is 13.3. The van der Waals surface area contributed by atoms with Gasteiger partial charge in [-0.05, 0) is 26.2 Å². The fourth-order valence-corrected chi connectivity index (χ4v) is 4.37. The number of nitrogens with zero attached hydrogens (tertiary/aromatic N) is 3. The molecule has 6 heteroatoms. The highest BCUT2D eigenvalue weighted by Gasteiger charge is 2.30. The third-order valence-corrected chi connectivity index (χ3v) is 5.69. The van der Waals surface area contributed by atoms with Crippen molar-refractivity contribution in [3.8, 4) is 0 Å². The normalized spacial score (nSPS) is 27.1. The molecule has 122 valence electrons. The number of hydrogen-bond acceptors (Lipinski definition) is 5. The smallest absolute Gasteiger partial charge is 0.225 e. The Balaban J connectivity index is 1.47. The van der Waals surface area contributed by atoms with E-state index < -0.39 is 0 Å². The van der Waals surface area contributed by atoms with E-state index in [0.717, 1.165) is 63.4 Å². The lowest BCUT2D eigenvalue weighted by atomic mass is 9.85. The Bertz CT molecular complexity index is 510. The highest BCUT2D eigenvalue weighted by molar-refractivity contribution is 7.11. The van der Waals surface area contributed by atoms with E-state index in [0.29, 0.717) is 5.91 Å². The fourth-order valence-electron chi connectivity index (χ4n) is 3.54. The molecule has 1 aromatic heterocycles. The molecule has 1 aliphatic carbocycles. The van der Waals surface area contributed by atoms with Gasteiger partial charge in [0.05, 0.1) is 5.01 Å². The maximum absolute atomic E-state index is 12.6. The second-order valence-electron chi connectivity index (χ2n) is 6.57. The van der Waals surface area contributed by atoms with E-state index in [-0.39, 0.29) is 12.0 Å². The van der Waals surface area contributed by atoms with E-state index >= 15 is 0 Å². The lowest BCUT2D eigenvalue weighted by molar-refractivity contribution is -0.138. The van der Waals surface area contributed by atoms with Crippen LogP contribution in [0, 0.1) is 12.8 Å². The number of nitrogens with two attached hydrogens (primary N) is 1. The van der Waals surface area contributed by atoms with Gasteiger partial charge in [-0.25, -0.2) is 4.98 Å². The average Bonchev–Trinajstić information content (AvgIpc) is 2.92. The van der Waals surface area contributed by atoms with Gasteiger partial charge in [0, 0.05) is 55.8 Å². The van der Waals surface area contributed by atoms with Crippen LogP contribution in [0.2, 0.25) is 0 Å². The second kappa shape index (κ2) is 7.06. The van der Waals surface area contributed by atoms with Gasteiger partial charge < -0.3 is 10.6 Å². The molecule has 2 heterocycles. The van der Waals surface area contributed by atoms with Crippen molar-refractivity contribution in [1.82, 2.24) is 14.8 Å². The van der Waals surface area contributed by atoms with Crippen molar-refractivity contribution in [1.29, 1.82) is 0 Å². The van der Waals surface area contributed by atoms with Gasteiger partial charge in [-0.3, -0.25) is 9.69 Å². The third kappa shape index (κ3) is 3.86. The summed E-state index contributed by atoms with van der Waals surface area (Å²) in [7, 11) is 0. The van der Waals surface area contributed by atoms with Gasteiger partial charge in [-0.15, -0.1) is 11.3 Å². The third-order valence-electron chi connectivity index (χ3n) is 4.80. The summed E-state index contributed by atoms with van der Waals surface area (Å²) in [4.78, 5) is 22.7. The number of hydrogen-bond donors (Lipinski definition) is 1. The molecule has 1 aromatic rings. The molecule has 1 aliphatic heterocycles. The summed E-state index contributed by atoms with van der Waals surface area (Å²) in [5, 5.41) is 1.12. The number of carbonyl (C=O) groups excluding carboxylic acids is 1. The molecule has 0 spiro atoms. The second-order valence-corrected chi connectivity index (χ2v) is 7.89. The number of carbonyl (C=O) groups is 1. The Labute approximate surface area is 136 Å². The number of amides is 1. The van der Waals surface area contributed by atoms with Gasteiger partial charge in [0.2, 0.25) is 5.91 Å². The number of thiazole rings is 1. The molecule has 1 saturated heterocycles. The Hall–Kier alpha value is -0.980. The number of aromatic nitrogens is 1. The topological polar surface area (TPSA) is 62.5 Å². The quantitative estimate of drug-likeness (QED) is 0.918. The van der Waals surface area contributed by atoms with E-state index in [9.17, 15) is 4.79 Å². The Morgan fingerprint density at radius 2 is 2.14 bits per heavy atom. The zero-order chi connectivity index (χ0) is 15.5. The van der Waals surface area contributed by atoms with Crippen LogP contribution in [0.5, 0.6) is 0 Å². The summed E-state index contributed by atoms with van der Waals surface area (Å²) >= 11 is 1.76. The molecule has 2 unspecified atom stereocenters. The zero-order valence-corrected chi connectivity index (χ0v) is 14.1. The molecule has 0 radical (unpaired) electrons. The minimum Gasteiger partial charge on any atom is -0.340 e. The van der Waals surface area contributed by atoms with Crippen molar-refractivity contribution in [2.75, 3.05) is 26.2 Å². The molecular formula is C16H26N4OS. The van der Waals surface area contributed by atoms with Crippen LogP contribution in [0.4, 0.5) is 0 Å². The van der Waals surface area contributed by atoms with Gasteiger partial charge in [-0.1, -0.05) is 6.42 Å². The molecule has 0 aromatic carbocycles. The van der Waals surface area contributed by atoms with Crippen molar-refractivity contribution in [3.05, 3.63) is 16.1 Å². The van der Waals surface area contributed by atoms with Crippen LogP contribution in [0.3, 0.4) is 0 Å². The lowest BCUT2D eigenvalue weighted by Gasteiger charge is -2.37. The summed E-state index contributed by atoms with van der Waals surface area (Å²) in [6.07, 6.45) is 6.04. The van der Waals surface area contributed by atoms with Gasteiger partial charge in [0.1, 0.15) is 0 Å². The minimum absolute atomic E-state index is 0.166. The van der Waals surface area contributed by atoms with Crippen LogP contribution in [-0.4, -0.2) is 52.9 Å². The molecular weight excluding hydrogens is 296 g/mol. The first-order valence-electron chi connectivity index (χ1n) is 8.30. The molecule has 2 atom stereocenters. The van der Waals surface area contributed by atoms with Gasteiger partial charge in [0.25, 0.3) is 0 Å². The van der Waals surface area contributed by atoms with Crippen LogP contribution in [0.1, 0.15) is 35.6 Å². The monoisotopic (exact) mass is 322 g/mol. The number of rotatable bonds is 3. The van der Waals surface area contributed by atoms with Crippen molar-refractivity contribution < 1.29 is 4.79 Å². The van der Waals surface area contributed by atoms with Gasteiger partial charge in [-0.2, -0.15) is 0 Å². The molecule has 3 rings (SSSR count). The molecule has 2 aliphatic rings. The average molecular weight is 322 g/mol. The van der Waals surface area contributed by atoms with E-state index in [1.54, 1.807) is 11.3 Å². The first kappa shape index (κ1) is 15.9. The predicted octanol–water partition coefficient (Wildman–Crippen LogP) is 1.61. The van der Waals surface area contributed by atoms with E-state index in [1.165, 1.54) is 4.88 Å². The predicted molar refractivity (Wildman–Crippen MR) is 88.6 cm³/mol. The van der Waals surface area contributed by atoms with E-state index in [4.69, 9.17) is 5.73 Å². The molecule has 22 heavy (non-hydrogen) atoms. The molecule has 0 bridgehead atoms. The fraction of sp³-hybridized carbons (Fsp3) is 0.750. The molecule has 1 saturated carbocycles. The SMILES string of the molecule is Cc1ncc(CN2CCN(C(=O)C3CCCC(N)C3)CC2)s1. The first-order valence-corrected chi connectivity index (χ1v) is 9.11. The van der Waals surface area contributed by atoms with Gasteiger partial charge in [0.15, 0.2) is 0 Å². The van der Waals surface area contributed by atoms with Crippen molar-refractivity contribution >= 4 is 17.2 Å². The first-order chi connectivity index (χ1) is 10.6. The van der Waals surface area contributed by atoms with Crippen molar-refractivity contribution in [2.45, 2.75) is 45.2 Å². The van der Waals surface area contributed by atoms with Crippen LogP contribution >= 0.6 is 11.3 Å². The Kier molecular flexibility index (Phi) is 5.10.